The highest BCUT2D eigenvalue weighted by Gasteiger charge is 2.12. The first-order valence-corrected chi connectivity index (χ1v) is 9.66. The fourth-order valence-corrected chi connectivity index (χ4v) is 2.85. The lowest BCUT2D eigenvalue weighted by Gasteiger charge is -2.09. The molecule has 0 aromatic heterocycles. The molecule has 7 heteroatoms. The molecule has 160 valence electrons. The molecule has 0 radical (unpaired) electrons. The van der Waals surface area contributed by atoms with Gasteiger partial charge in [0.25, 0.3) is 0 Å². The highest BCUT2D eigenvalue weighted by atomic mass is 16.5. The number of aryl methyl sites for hydroxylation is 1. The van der Waals surface area contributed by atoms with Crippen LogP contribution in [-0.2, 0) is 27.2 Å². The van der Waals surface area contributed by atoms with E-state index in [4.69, 9.17) is 14.2 Å². The molecule has 2 aromatic rings. The van der Waals surface area contributed by atoms with Crippen LogP contribution in [0.1, 0.15) is 34.8 Å². The molecule has 0 saturated carbocycles. The number of Topliss-reactive ketones (excluding diaryl/α,β-unsaturated/α-hetero) is 1. The number of hydrogen-bond acceptors (Lipinski definition) is 6. The Morgan fingerprint density at radius 2 is 1.57 bits per heavy atom. The van der Waals surface area contributed by atoms with E-state index in [0.717, 1.165) is 18.4 Å². The molecule has 0 fully saturated rings. The Hall–Kier alpha value is -3.35. The Morgan fingerprint density at radius 1 is 0.900 bits per heavy atom. The van der Waals surface area contributed by atoms with Gasteiger partial charge in [-0.05, 0) is 36.1 Å². The standard InChI is InChI=1S/C23H27NO6/c1-16(25)24-12-4-5-17-6-9-19(10-7-17)20(26)15-30-23(27)14-18-8-11-21(28-2)22(13-18)29-3/h6-11,13H,4-5,12,14-15H2,1-3H3,(H,24,25). The minimum Gasteiger partial charge on any atom is -0.493 e. The zero-order chi connectivity index (χ0) is 21.9. The van der Waals surface area contributed by atoms with Gasteiger partial charge in [-0.25, -0.2) is 0 Å². The van der Waals surface area contributed by atoms with Gasteiger partial charge < -0.3 is 19.5 Å². The van der Waals surface area contributed by atoms with Crippen LogP contribution in [0.3, 0.4) is 0 Å². The second-order valence-corrected chi connectivity index (χ2v) is 6.73. The maximum absolute atomic E-state index is 12.3. The van der Waals surface area contributed by atoms with Crippen LogP contribution in [0.15, 0.2) is 42.5 Å². The van der Waals surface area contributed by atoms with Crippen LogP contribution >= 0.6 is 0 Å². The molecule has 1 N–H and O–H groups in total. The van der Waals surface area contributed by atoms with Gasteiger partial charge in [0.15, 0.2) is 23.9 Å². The first kappa shape index (κ1) is 22.9. The van der Waals surface area contributed by atoms with Crippen molar-refractivity contribution in [1.82, 2.24) is 5.32 Å². The number of esters is 1. The Morgan fingerprint density at radius 3 is 2.20 bits per heavy atom. The van der Waals surface area contributed by atoms with Gasteiger partial charge in [0.05, 0.1) is 20.6 Å². The smallest absolute Gasteiger partial charge is 0.310 e. The molecule has 1 amide bonds. The summed E-state index contributed by atoms with van der Waals surface area (Å²) in [6.45, 7) is 1.79. The van der Waals surface area contributed by atoms with E-state index in [1.54, 1.807) is 30.3 Å². The van der Waals surface area contributed by atoms with Gasteiger partial charge in [0.2, 0.25) is 5.91 Å². The van der Waals surface area contributed by atoms with Gasteiger partial charge in [0.1, 0.15) is 0 Å². The highest BCUT2D eigenvalue weighted by Crippen LogP contribution is 2.27. The zero-order valence-electron chi connectivity index (χ0n) is 17.5. The molecule has 0 aliphatic carbocycles. The van der Waals surface area contributed by atoms with Crippen LogP contribution in [0.4, 0.5) is 0 Å². The van der Waals surface area contributed by atoms with E-state index < -0.39 is 5.97 Å². The zero-order valence-corrected chi connectivity index (χ0v) is 17.5. The summed E-state index contributed by atoms with van der Waals surface area (Å²) >= 11 is 0. The second kappa shape index (κ2) is 11.6. The van der Waals surface area contributed by atoms with Crippen molar-refractivity contribution in [2.24, 2.45) is 0 Å². The predicted molar refractivity (Wildman–Crippen MR) is 112 cm³/mol. The fourth-order valence-electron chi connectivity index (χ4n) is 2.85. The maximum atomic E-state index is 12.3. The van der Waals surface area contributed by atoms with Gasteiger partial charge in [-0.1, -0.05) is 30.3 Å². The molecule has 0 bridgehead atoms. The summed E-state index contributed by atoms with van der Waals surface area (Å²) in [6, 6.07) is 12.3. The lowest BCUT2D eigenvalue weighted by Crippen LogP contribution is -2.21. The van der Waals surface area contributed by atoms with Gasteiger partial charge in [-0.2, -0.15) is 0 Å². The number of benzene rings is 2. The van der Waals surface area contributed by atoms with Crippen LogP contribution in [-0.4, -0.2) is 45.0 Å². The summed E-state index contributed by atoms with van der Waals surface area (Å²) in [7, 11) is 3.06. The molecular formula is C23H27NO6. The molecule has 0 aliphatic heterocycles. The molecule has 2 rings (SSSR count). The summed E-state index contributed by atoms with van der Waals surface area (Å²) in [5.41, 5.74) is 2.26. The van der Waals surface area contributed by atoms with Crippen molar-refractivity contribution < 1.29 is 28.6 Å². The van der Waals surface area contributed by atoms with Crippen molar-refractivity contribution >= 4 is 17.7 Å². The number of carbonyl (C=O) groups excluding carboxylic acids is 3. The molecule has 30 heavy (non-hydrogen) atoms. The lowest BCUT2D eigenvalue weighted by molar-refractivity contribution is -0.141. The Bertz CT molecular complexity index is 876. The largest absolute Gasteiger partial charge is 0.493 e. The summed E-state index contributed by atoms with van der Waals surface area (Å²) < 4.78 is 15.5. The van der Waals surface area contributed by atoms with Crippen LogP contribution < -0.4 is 14.8 Å². The van der Waals surface area contributed by atoms with Gasteiger partial charge in [0, 0.05) is 19.0 Å². The van der Waals surface area contributed by atoms with Crippen molar-refractivity contribution in [3.05, 3.63) is 59.2 Å². The average molecular weight is 413 g/mol. The number of nitrogens with one attached hydrogen (secondary N) is 1. The van der Waals surface area contributed by atoms with E-state index in [2.05, 4.69) is 5.32 Å². The number of carbonyl (C=O) groups is 3. The van der Waals surface area contributed by atoms with Crippen molar-refractivity contribution in [3.8, 4) is 11.5 Å². The molecule has 0 heterocycles. The van der Waals surface area contributed by atoms with Gasteiger partial charge in [-0.3, -0.25) is 14.4 Å². The van der Waals surface area contributed by atoms with Crippen LogP contribution in [0, 0.1) is 0 Å². The van der Waals surface area contributed by atoms with Crippen molar-refractivity contribution in [1.29, 1.82) is 0 Å². The van der Waals surface area contributed by atoms with Gasteiger partial charge in [-0.15, -0.1) is 0 Å². The molecule has 0 unspecified atom stereocenters. The molecule has 0 saturated heterocycles. The third-order valence-electron chi connectivity index (χ3n) is 4.45. The molecule has 0 aliphatic rings. The van der Waals surface area contributed by atoms with E-state index in [9.17, 15) is 14.4 Å². The SMILES string of the molecule is COc1ccc(CC(=O)OCC(=O)c2ccc(CCCNC(C)=O)cc2)cc1OC. The minimum atomic E-state index is -0.495. The third kappa shape index (κ3) is 7.24. The summed E-state index contributed by atoms with van der Waals surface area (Å²) in [4.78, 5) is 35.2. The first-order chi connectivity index (χ1) is 14.4. The molecule has 0 atom stereocenters. The second-order valence-electron chi connectivity index (χ2n) is 6.73. The number of rotatable bonds is 11. The van der Waals surface area contributed by atoms with E-state index in [1.807, 2.05) is 12.1 Å². The third-order valence-corrected chi connectivity index (χ3v) is 4.45. The van der Waals surface area contributed by atoms with Crippen LogP contribution in [0.25, 0.3) is 0 Å². The molecule has 2 aromatic carbocycles. The normalized spacial score (nSPS) is 10.2. The molecule has 7 nitrogen and oxygen atoms in total. The number of methoxy groups -OCH3 is 2. The maximum Gasteiger partial charge on any atom is 0.310 e. The summed E-state index contributed by atoms with van der Waals surface area (Å²) in [6.07, 6.45) is 1.65. The first-order valence-electron chi connectivity index (χ1n) is 9.66. The van der Waals surface area contributed by atoms with Gasteiger partial charge >= 0.3 is 5.97 Å². The summed E-state index contributed by atoms with van der Waals surface area (Å²) in [5, 5.41) is 2.75. The fraction of sp³-hybridized carbons (Fsp3) is 0.348. The predicted octanol–water partition coefficient (Wildman–Crippen LogP) is 2.74. The van der Waals surface area contributed by atoms with Crippen LogP contribution in [0.5, 0.6) is 11.5 Å². The van der Waals surface area contributed by atoms with Crippen molar-refractivity contribution in [3.63, 3.8) is 0 Å². The quantitative estimate of drug-likeness (QED) is 0.346. The minimum absolute atomic E-state index is 0.0286. The number of ether oxygens (including phenoxy) is 3. The Balaban J connectivity index is 1.80. The Labute approximate surface area is 176 Å². The Kier molecular flexibility index (Phi) is 8.87. The van der Waals surface area contributed by atoms with E-state index in [0.29, 0.717) is 29.2 Å². The number of hydrogen-bond donors (Lipinski definition) is 1. The lowest BCUT2D eigenvalue weighted by atomic mass is 10.1. The van der Waals surface area contributed by atoms with E-state index in [-0.39, 0.29) is 24.7 Å². The molecule has 0 spiro atoms. The van der Waals surface area contributed by atoms with Crippen LogP contribution in [0.2, 0.25) is 0 Å². The number of amides is 1. The van der Waals surface area contributed by atoms with Crippen molar-refractivity contribution in [2.45, 2.75) is 26.2 Å². The number of ketones is 1. The highest BCUT2D eigenvalue weighted by molar-refractivity contribution is 5.98. The topological polar surface area (TPSA) is 90.9 Å². The van der Waals surface area contributed by atoms with E-state index in [1.165, 1.54) is 21.1 Å². The summed E-state index contributed by atoms with van der Waals surface area (Å²) in [5.74, 6) is 0.293. The van der Waals surface area contributed by atoms with Crippen molar-refractivity contribution in [2.75, 3.05) is 27.4 Å². The average Bonchev–Trinajstić information content (AvgIpc) is 2.75. The van der Waals surface area contributed by atoms with E-state index >= 15 is 0 Å². The molecular weight excluding hydrogens is 386 g/mol. The monoisotopic (exact) mass is 413 g/mol.